The molecular weight excluding hydrogens is 328 g/mol. The second-order valence-corrected chi connectivity index (χ2v) is 6.96. The molecule has 1 unspecified atom stereocenters. The molecule has 0 bridgehead atoms. The lowest BCUT2D eigenvalue weighted by Crippen LogP contribution is -2.31. The molecule has 4 rings (SSSR count). The van der Waals surface area contributed by atoms with Crippen molar-refractivity contribution in [3.05, 3.63) is 35.9 Å². The third-order valence-corrected chi connectivity index (χ3v) is 4.99. The van der Waals surface area contributed by atoms with Gasteiger partial charge in [0.15, 0.2) is 17.5 Å². The Morgan fingerprint density at radius 3 is 2.77 bits per heavy atom. The average Bonchev–Trinajstić information content (AvgIpc) is 3.32. The second kappa shape index (κ2) is 6.42. The van der Waals surface area contributed by atoms with Gasteiger partial charge in [-0.2, -0.15) is 15.0 Å². The molecule has 3 aromatic rings. The zero-order valence-electron chi connectivity index (χ0n) is 15.3. The van der Waals surface area contributed by atoms with Crippen LogP contribution in [-0.2, 0) is 14.1 Å². The average molecular weight is 350 g/mol. The van der Waals surface area contributed by atoms with Crippen molar-refractivity contribution in [2.45, 2.75) is 18.8 Å². The zero-order chi connectivity index (χ0) is 18.3. The third-order valence-electron chi connectivity index (χ3n) is 4.99. The van der Waals surface area contributed by atoms with Crippen LogP contribution in [0.25, 0.3) is 17.3 Å². The smallest absolute Gasteiger partial charge is 0.181 e. The number of likely N-dealkylation sites (N-methyl/N-ethyl adjacent to an activating group) is 1. The maximum absolute atomic E-state index is 9.23. The van der Waals surface area contributed by atoms with E-state index in [-0.39, 0.29) is 0 Å². The van der Waals surface area contributed by atoms with Gasteiger partial charge in [-0.15, -0.1) is 5.10 Å². The monoisotopic (exact) mass is 350 g/mol. The van der Waals surface area contributed by atoms with Gasteiger partial charge < -0.3 is 9.47 Å². The molecule has 1 aliphatic heterocycles. The van der Waals surface area contributed by atoms with Crippen LogP contribution >= 0.6 is 0 Å². The fourth-order valence-corrected chi connectivity index (χ4v) is 3.63. The molecule has 134 valence electrons. The molecule has 4 heterocycles. The van der Waals surface area contributed by atoms with E-state index in [1.54, 1.807) is 10.9 Å². The first kappa shape index (κ1) is 16.5. The Bertz CT molecular complexity index is 970. The largest absolute Gasteiger partial charge is 0.347 e. The molecule has 0 spiro atoms. The van der Waals surface area contributed by atoms with Crippen LogP contribution < -0.4 is 0 Å². The standard InChI is InChI=1S/C18H22N8/c1-23-8-4-5-14(12-23)17-21-18(15-9-13(10-19)11-24(15)2)26(22-17)16-6-7-20-25(16)3/h6-7,9,11,14H,4-5,8,12H2,1-3H3. The Morgan fingerprint density at radius 2 is 2.12 bits per heavy atom. The van der Waals surface area contributed by atoms with Gasteiger partial charge in [0.25, 0.3) is 0 Å². The lowest BCUT2D eigenvalue weighted by Gasteiger charge is -2.27. The fraction of sp³-hybridized carbons (Fsp3) is 0.444. The summed E-state index contributed by atoms with van der Waals surface area (Å²) in [5.41, 5.74) is 1.48. The van der Waals surface area contributed by atoms with Gasteiger partial charge in [0.1, 0.15) is 6.07 Å². The molecule has 1 atom stereocenters. The highest BCUT2D eigenvalue weighted by Gasteiger charge is 2.26. The van der Waals surface area contributed by atoms with Gasteiger partial charge in [-0.25, -0.2) is 4.98 Å². The highest BCUT2D eigenvalue weighted by Crippen LogP contribution is 2.28. The SMILES string of the molecule is CN1CCCC(c2nc(-c3cc(C#N)cn3C)n(-c3ccnn3C)n2)C1. The Balaban J connectivity index is 1.84. The van der Waals surface area contributed by atoms with E-state index in [1.807, 2.05) is 41.7 Å². The van der Waals surface area contributed by atoms with Crippen molar-refractivity contribution in [3.8, 4) is 23.4 Å². The molecule has 0 amide bonds. The number of hydrogen-bond donors (Lipinski definition) is 0. The van der Waals surface area contributed by atoms with Crippen LogP contribution in [0.5, 0.6) is 0 Å². The first-order valence-corrected chi connectivity index (χ1v) is 8.77. The predicted octanol–water partition coefficient (Wildman–Crippen LogP) is 1.69. The summed E-state index contributed by atoms with van der Waals surface area (Å²) >= 11 is 0. The molecule has 8 nitrogen and oxygen atoms in total. The number of aromatic nitrogens is 6. The lowest BCUT2D eigenvalue weighted by atomic mass is 9.98. The van der Waals surface area contributed by atoms with E-state index < -0.39 is 0 Å². The minimum atomic E-state index is 0.317. The van der Waals surface area contributed by atoms with Crippen LogP contribution in [0.1, 0.15) is 30.1 Å². The summed E-state index contributed by atoms with van der Waals surface area (Å²) in [5.74, 6) is 2.76. The lowest BCUT2D eigenvalue weighted by molar-refractivity contribution is 0.246. The summed E-state index contributed by atoms with van der Waals surface area (Å²) in [6.45, 7) is 2.08. The summed E-state index contributed by atoms with van der Waals surface area (Å²) in [5, 5.41) is 18.3. The molecule has 1 fully saturated rings. The molecule has 0 aromatic carbocycles. The maximum Gasteiger partial charge on any atom is 0.181 e. The Hall–Kier alpha value is -2.92. The maximum atomic E-state index is 9.23. The van der Waals surface area contributed by atoms with Crippen molar-refractivity contribution in [1.29, 1.82) is 5.26 Å². The van der Waals surface area contributed by atoms with Crippen molar-refractivity contribution < 1.29 is 0 Å². The summed E-state index contributed by atoms with van der Waals surface area (Å²) in [6, 6.07) is 5.97. The Morgan fingerprint density at radius 1 is 1.27 bits per heavy atom. The highest BCUT2D eigenvalue weighted by molar-refractivity contribution is 5.57. The molecule has 0 radical (unpaired) electrons. The van der Waals surface area contributed by atoms with Crippen molar-refractivity contribution in [2.75, 3.05) is 20.1 Å². The van der Waals surface area contributed by atoms with Gasteiger partial charge in [0.2, 0.25) is 0 Å². The normalized spacial score (nSPS) is 18.2. The molecule has 3 aromatic heterocycles. The van der Waals surface area contributed by atoms with E-state index in [4.69, 9.17) is 10.1 Å². The van der Waals surface area contributed by atoms with Gasteiger partial charge in [-0.3, -0.25) is 4.68 Å². The van der Waals surface area contributed by atoms with E-state index in [2.05, 4.69) is 23.1 Å². The van der Waals surface area contributed by atoms with Gasteiger partial charge in [0, 0.05) is 38.8 Å². The van der Waals surface area contributed by atoms with E-state index in [9.17, 15) is 5.26 Å². The van der Waals surface area contributed by atoms with E-state index in [0.717, 1.165) is 49.1 Å². The zero-order valence-corrected chi connectivity index (χ0v) is 15.3. The number of nitrogens with zero attached hydrogens (tertiary/aromatic N) is 8. The fourth-order valence-electron chi connectivity index (χ4n) is 3.63. The van der Waals surface area contributed by atoms with E-state index >= 15 is 0 Å². The minimum absolute atomic E-state index is 0.317. The molecule has 0 saturated carbocycles. The van der Waals surface area contributed by atoms with Crippen molar-refractivity contribution in [2.24, 2.45) is 14.1 Å². The van der Waals surface area contributed by atoms with Crippen molar-refractivity contribution in [3.63, 3.8) is 0 Å². The molecule has 0 N–H and O–H groups in total. The second-order valence-electron chi connectivity index (χ2n) is 6.96. The summed E-state index contributed by atoms with van der Waals surface area (Å²) in [7, 11) is 5.95. The van der Waals surface area contributed by atoms with E-state index in [0.29, 0.717) is 11.5 Å². The van der Waals surface area contributed by atoms with Crippen LogP contribution in [0.4, 0.5) is 0 Å². The number of rotatable bonds is 3. The van der Waals surface area contributed by atoms with Crippen LogP contribution in [0.2, 0.25) is 0 Å². The molecule has 1 saturated heterocycles. The molecule has 26 heavy (non-hydrogen) atoms. The first-order valence-electron chi connectivity index (χ1n) is 8.77. The summed E-state index contributed by atoms with van der Waals surface area (Å²) in [6.07, 6.45) is 5.81. The summed E-state index contributed by atoms with van der Waals surface area (Å²) in [4.78, 5) is 7.23. The third kappa shape index (κ3) is 2.80. The predicted molar refractivity (Wildman–Crippen MR) is 96.7 cm³/mol. The minimum Gasteiger partial charge on any atom is -0.347 e. The van der Waals surface area contributed by atoms with Crippen molar-refractivity contribution >= 4 is 0 Å². The van der Waals surface area contributed by atoms with E-state index in [1.165, 1.54) is 0 Å². The molecule has 8 heteroatoms. The number of nitriles is 1. The summed E-state index contributed by atoms with van der Waals surface area (Å²) < 4.78 is 5.54. The first-order chi connectivity index (χ1) is 12.6. The quantitative estimate of drug-likeness (QED) is 0.718. The van der Waals surface area contributed by atoms with Gasteiger partial charge in [-0.05, 0) is 32.5 Å². The van der Waals surface area contributed by atoms with Gasteiger partial charge in [0.05, 0.1) is 17.5 Å². The highest BCUT2D eigenvalue weighted by atomic mass is 15.4. The molecule has 0 aliphatic carbocycles. The van der Waals surface area contributed by atoms with Gasteiger partial charge in [-0.1, -0.05) is 0 Å². The van der Waals surface area contributed by atoms with Gasteiger partial charge >= 0.3 is 0 Å². The number of piperidine rings is 1. The number of hydrogen-bond acceptors (Lipinski definition) is 5. The van der Waals surface area contributed by atoms with Crippen molar-refractivity contribution in [1.82, 2.24) is 34.0 Å². The number of likely N-dealkylation sites (tertiary alicyclic amines) is 1. The Labute approximate surface area is 152 Å². The molecule has 1 aliphatic rings. The van der Waals surface area contributed by atoms with Crippen LogP contribution in [0.15, 0.2) is 24.5 Å². The van der Waals surface area contributed by atoms with Crippen LogP contribution in [0.3, 0.4) is 0 Å². The molecular formula is C18H22N8. The Kier molecular flexibility index (Phi) is 4.09. The van der Waals surface area contributed by atoms with Crippen LogP contribution in [-0.4, -0.2) is 54.1 Å². The van der Waals surface area contributed by atoms with Crippen LogP contribution in [0, 0.1) is 11.3 Å². The number of aryl methyl sites for hydroxylation is 2. The topological polar surface area (TPSA) is 80.5 Å².